The van der Waals surface area contributed by atoms with Crippen molar-refractivity contribution in [3.8, 4) is 11.5 Å². The third kappa shape index (κ3) is 4.86. The lowest BCUT2D eigenvalue weighted by Crippen LogP contribution is -2.48. The molecule has 0 radical (unpaired) electrons. The smallest absolute Gasteiger partial charge is 0.222 e. The van der Waals surface area contributed by atoms with Gasteiger partial charge in [0, 0.05) is 32.6 Å². The highest BCUT2D eigenvalue weighted by Gasteiger charge is 2.20. The Morgan fingerprint density at radius 2 is 1.78 bits per heavy atom. The van der Waals surface area contributed by atoms with E-state index in [2.05, 4.69) is 11.8 Å². The van der Waals surface area contributed by atoms with Crippen LogP contribution in [0.4, 0.5) is 0 Å². The van der Waals surface area contributed by atoms with E-state index < -0.39 is 0 Å². The van der Waals surface area contributed by atoms with Gasteiger partial charge in [-0.3, -0.25) is 9.69 Å². The van der Waals surface area contributed by atoms with Gasteiger partial charge in [0.25, 0.3) is 0 Å². The van der Waals surface area contributed by atoms with E-state index in [9.17, 15) is 4.79 Å². The van der Waals surface area contributed by atoms with Crippen LogP contribution in [0.15, 0.2) is 18.2 Å². The van der Waals surface area contributed by atoms with Gasteiger partial charge in [-0.25, -0.2) is 0 Å². The Balaban J connectivity index is 1.83. The van der Waals surface area contributed by atoms with Crippen molar-refractivity contribution in [3.63, 3.8) is 0 Å². The highest BCUT2D eigenvalue weighted by molar-refractivity contribution is 5.76. The van der Waals surface area contributed by atoms with Crippen molar-refractivity contribution in [1.82, 2.24) is 9.80 Å². The summed E-state index contributed by atoms with van der Waals surface area (Å²) in [4.78, 5) is 16.8. The summed E-state index contributed by atoms with van der Waals surface area (Å²) in [5, 5.41) is 0. The summed E-state index contributed by atoms with van der Waals surface area (Å²) in [5.74, 6) is 1.68. The Morgan fingerprint density at radius 3 is 2.39 bits per heavy atom. The maximum atomic E-state index is 12.4. The molecule has 0 aromatic heterocycles. The maximum absolute atomic E-state index is 12.4. The van der Waals surface area contributed by atoms with Gasteiger partial charge in [0.05, 0.1) is 14.2 Å². The number of aryl methyl sites for hydroxylation is 1. The molecule has 23 heavy (non-hydrogen) atoms. The molecule has 1 aromatic rings. The summed E-state index contributed by atoms with van der Waals surface area (Å²) in [6.45, 7) is 7.02. The molecule has 0 atom stereocenters. The molecule has 5 nitrogen and oxygen atoms in total. The molecule has 1 aliphatic heterocycles. The molecule has 1 aliphatic rings. The number of ether oxygens (including phenoxy) is 2. The average molecular weight is 320 g/mol. The number of rotatable bonds is 7. The number of carbonyl (C=O) groups is 1. The molecule has 5 heteroatoms. The fourth-order valence-electron chi connectivity index (χ4n) is 2.98. The van der Waals surface area contributed by atoms with Gasteiger partial charge in [0.2, 0.25) is 5.91 Å². The predicted molar refractivity (Wildman–Crippen MR) is 91.2 cm³/mol. The third-order valence-corrected chi connectivity index (χ3v) is 4.34. The van der Waals surface area contributed by atoms with Crippen molar-refractivity contribution in [2.75, 3.05) is 46.9 Å². The van der Waals surface area contributed by atoms with Crippen LogP contribution in [0.1, 0.15) is 25.3 Å². The van der Waals surface area contributed by atoms with Gasteiger partial charge in [-0.15, -0.1) is 0 Å². The molecule has 0 unspecified atom stereocenters. The van der Waals surface area contributed by atoms with Crippen molar-refractivity contribution in [1.29, 1.82) is 0 Å². The summed E-state index contributed by atoms with van der Waals surface area (Å²) in [5.41, 5.74) is 1.10. The van der Waals surface area contributed by atoms with E-state index >= 15 is 0 Å². The molecule has 1 amide bonds. The molecule has 1 saturated heterocycles. The highest BCUT2D eigenvalue weighted by atomic mass is 16.5. The van der Waals surface area contributed by atoms with E-state index in [1.807, 2.05) is 23.1 Å². The van der Waals surface area contributed by atoms with Crippen molar-refractivity contribution < 1.29 is 14.3 Å². The number of hydrogen-bond donors (Lipinski definition) is 0. The van der Waals surface area contributed by atoms with Gasteiger partial charge < -0.3 is 14.4 Å². The molecule has 0 bridgehead atoms. The van der Waals surface area contributed by atoms with Crippen LogP contribution in [0.25, 0.3) is 0 Å². The van der Waals surface area contributed by atoms with E-state index in [0.717, 1.165) is 50.5 Å². The first kappa shape index (κ1) is 17.6. The minimum absolute atomic E-state index is 0.246. The van der Waals surface area contributed by atoms with Gasteiger partial charge in [0.15, 0.2) is 11.5 Å². The van der Waals surface area contributed by atoms with Crippen LogP contribution in [-0.4, -0.2) is 62.7 Å². The zero-order chi connectivity index (χ0) is 16.7. The first-order valence-corrected chi connectivity index (χ1v) is 8.39. The molecule has 0 N–H and O–H groups in total. The quantitative estimate of drug-likeness (QED) is 0.772. The summed E-state index contributed by atoms with van der Waals surface area (Å²) in [6, 6.07) is 5.83. The molecule has 2 rings (SSSR count). The molecule has 1 heterocycles. The van der Waals surface area contributed by atoms with E-state index in [4.69, 9.17) is 9.47 Å². The lowest BCUT2D eigenvalue weighted by Gasteiger charge is -2.34. The fraction of sp³-hybridized carbons (Fsp3) is 0.611. The fourth-order valence-corrected chi connectivity index (χ4v) is 2.98. The Morgan fingerprint density at radius 1 is 1.09 bits per heavy atom. The largest absolute Gasteiger partial charge is 0.493 e. The van der Waals surface area contributed by atoms with E-state index in [-0.39, 0.29) is 5.91 Å². The lowest BCUT2D eigenvalue weighted by atomic mass is 10.1. The first-order valence-electron chi connectivity index (χ1n) is 8.39. The van der Waals surface area contributed by atoms with Crippen LogP contribution in [0.3, 0.4) is 0 Å². The van der Waals surface area contributed by atoms with E-state index in [1.54, 1.807) is 14.2 Å². The van der Waals surface area contributed by atoms with Crippen molar-refractivity contribution in [2.45, 2.75) is 26.2 Å². The minimum Gasteiger partial charge on any atom is -0.493 e. The SMILES string of the molecule is CCCN1CCN(C(=O)CCc2ccc(OC)c(OC)c2)CC1. The standard InChI is InChI=1S/C18H28N2O3/c1-4-9-19-10-12-20(13-11-19)18(21)8-6-15-5-7-16(22-2)17(14-15)23-3/h5,7,14H,4,6,8-13H2,1-3H3. The van der Waals surface area contributed by atoms with Gasteiger partial charge in [0.1, 0.15) is 0 Å². The van der Waals surface area contributed by atoms with E-state index in [1.165, 1.54) is 6.42 Å². The lowest BCUT2D eigenvalue weighted by molar-refractivity contribution is -0.132. The van der Waals surface area contributed by atoms with Gasteiger partial charge in [-0.05, 0) is 37.1 Å². The Hall–Kier alpha value is -1.75. The second-order valence-electron chi connectivity index (χ2n) is 5.91. The number of methoxy groups -OCH3 is 2. The van der Waals surface area contributed by atoms with Crippen molar-refractivity contribution in [2.24, 2.45) is 0 Å². The number of hydrogen-bond acceptors (Lipinski definition) is 4. The second-order valence-corrected chi connectivity index (χ2v) is 5.91. The Kier molecular flexibility index (Phi) is 6.71. The summed E-state index contributed by atoms with van der Waals surface area (Å²) in [7, 11) is 3.25. The molecule has 1 aromatic carbocycles. The van der Waals surface area contributed by atoms with Gasteiger partial charge in [-0.1, -0.05) is 13.0 Å². The minimum atomic E-state index is 0.246. The normalized spacial score (nSPS) is 15.5. The van der Waals surface area contributed by atoms with Crippen LogP contribution in [0.2, 0.25) is 0 Å². The van der Waals surface area contributed by atoms with Crippen molar-refractivity contribution in [3.05, 3.63) is 23.8 Å². The Bertz CT molecular complexity index is 511. The van der Waals surface area contributed by atoms with Crippen LogP contribution in [0.5, 0.6) is 11.5 Å². The summed E-state index contributed by atoms with van der Waals surface area (Å²) < 4.78 is 10.5. The molecular weight excluding hydrogens is 292 g/mol. The monoisotopic (exact) mass is 320 g/mol. The molecule has 0 spiro atoms. The van der Waals surface area contributed by atoms with Crippen LogP contribution in [-0.2, 0) is 11.2 Å². The third-order valence-electron chi connectivity index (χ3n) is 4.34. The highest BCUT2D eigenvalue weighted by Crippen LogP contribution is 2.28. The summed E-state index contributed by atoms with van der Waals surface area (Å²) >= 11 is 0. The number of amides is 1. The van der Waals surface area contributed by atoms with Crippen molar-refractivity contribution >= 4 is 5.91 Å². The second kappa shape index (κ2) is 8.77. The topological polar surface area (TPSA) is 42.0 Å². The first-order chi connectivity index (χ1) is 11.2. The Labute approximate surface area is 139 Å². The zero-order valence-electron chi connectivity index (χ0n) is 14.5. The van der Waals surface area contributed by atoms with Crippen LogP contribution < -0.4 is 9.47 Å². The number of benzene rings is 1. The number of carbonyl (C=O) groups excluding carboxylic acids is 1. The van der Waals surface area contributed by atoms with E-state index in [0.29, 0.717) is 12.2 Å². The average Bonchev–Trinajstić information content (AvgIpc) is 2.60. The molecule has 128 valence electrons. The molecule has 0 aliphatic carbocycles. The summed E-state index contributed by atoms with van der Waals surface area (Å²) in [6.07, 6.45) is 2.45. The molecule has 0 saturated carbocycles. The van der Waals surface area contributed by atoms with Crippen LogP contribution in [0, 0.1) is 0 Å². The predicted octanol–water partition coefficient (Wildman–Crippen LogP) is 2.19. The van der Waals surface area contributed by atoms with Gasteiger partial charge in [-0.2, -0.15) is 0 Å². The maximum Gasteiger partial charge on any atom is 0.222 e. The van der Waals surface area contributed by atoms with Crippen LogP contribution >= 0.6 is 0 Å². The number of piperazine rings is 1. The van der Waals surface area contributed by atoms with Gasteiger partial charge >= 0.3 is 0 Å². The number of nitrogens with zero attached hydrogens (tertiary/aromatic N) is 2. The molecular formula is C18H28N2O3. The molecule has 1 fully saturated rings. The zero-order valence-corrected chi connectivity index (χ0v) is 14.5.